The average Bonchev–Trinajstić information content (AvgIpc) is 2.38. The van der Waals surface area contributed by atoms with Crippen molar-refractivity contribution in [2.75, 3.05) is 5.32 Å². The van der Waals surface area contributed by atoms with E-state index in [9.17, 15) is 14.0 Å². The Kier molecular flexibility index (Phi) is 5.31. The van der Waals surface area contributed by atoms with Crippen LogP contribution in [0.25, 0.3) is 5.57 Å². The molecule has 0 heterocycles. The third-order valence-electron chi connectivity index (χ3n) is 2.18. The van der Waals surface area contributed by atoms with Crippen LogP contribution in [0.15, 0.2) is 36.6 Å². The van der Waals surface area contributed by atoms with E-state index in [-0.39, 0.29) is 11.3 Å². The van der Waals surface area contributed by atoms with Gasteiger partial charge in [-0.3, -0.25) is 9.59 Å². The number of allylic oxidation sites excluding steroid dienone is 3. The van der Waals surface area contributed by atoms with Crippen molar-refractivity contribution in [2.24, 2.45) is 0 Å². The van der Waals surface area contributed by atoms with Crippen molar-refractivity contribution < 1.29 is 14.0 Å². The zero-order chi connectivity index (χ0) is 13.4. The third kappa shape index (κ3) is 3.28. The van der Waals surface area contributed by atoms with Crippen LogP contribution in [0.3, 0.4) is 0 Å². The first-order valence-electron chi connectivity index (χ1n) is 5.26. The van der Waals surface area contributed by atoms with Crippen LogP contribution >= 0.6 is 0 Å². The molecular weight excluding hydrogens is 235 g/mol. The van der Waals surface area contributed by atoms with Gasteiger partial charge in [-0.25, -0.2) is 4.39 Å². The summed E-state index contributed by atoms with van der Waals surface area (Å²) in [6, 6.07) is 4.62. The number of amides is 2. The molecule has 18 heavy (non-hydrogen) atoms. The van der Waals surface area contributed by atoms with Crippen molar-refractivity contribution in [3.05, 3.63) is 47.9 Å². The standard InChI is InChI=1S/C13H13FN2O2/c1-2-4-10(7-15-8-17)11-5-3-6-12(13(11)14)16-9-18/h2-9H,1H3,(H,15,17)(H,16,18)/b4-2-,10-7+. The van der Waals surface area contributed by atoms with Gasteiger partial charge in [0.1, 0.15) is 0 Å². The largest absolute Gasteiger partial charge is 0.335 e. The lowest BCUT2D eigenvalue weighted by Gasteiger charge is -2.08. The van der Waals surface area contributed by atoms with Crippen LogP contribution in [-0.2, 0) is 9.59 Å². The smallest absolute Gasteiger partial charge is 0.211 e. The molecule has 0 saturated heterocycles. The first kappa shape index (κ1) is 13.6. The summed E-state index contributed by atoms with van der Waals surface area (Å²) in [5.41, 5.74) is 0.870. The van der Waals surface area contributed by atoms with Gasteiger partial charge in [0.05, 0.1) is 5.69 Å². The van der Waals surface area contributed by atoms with Crippen molar-refractivity contribution in [1.82, 2.24) is 5.32 Å². The van der Waals surface area contributed by atoms with E-state index < -0.39 is 5.82 Å². The molecule has 0 bridgehead atoms. The lowest BCUT2D eigenvalue weighted by atomic mass is 10.0. The van der Waals surface area contributed by atoms with E-state index in [1.54, 1.807) is 31.2 Å². The molecule has 0 fully saturated rings. The fourth-order valence-corrected chi connectivity index (χ4v) is 1.45. The topological polar surface area (TPSA) is 58.2 Å². The minimum atomic E-state index is -0.554. The van der Waals surface area contributed by atoms with Crippen molar-refractivity contribution in [2.45, 2.75) is 6.92 Å². The number of hydrogen-bond acceptors (Lipinski definition) is 2. The highest BCUT2D eigenvalue weighted by atomic mass is 19.1. The van der Waals surface area contributed by atoms with E-state index >= 15 is 0 Å². The zero-order valence-electron chi connectivity index (χ0n) is 9.81. The highest BCUT2D eigenvalue weighted by molar-refractivity contribution is 5.80. The van der Waals surface area contributed by atoms with Gasteiger partial charge in [-0.1, -0.05) is 24.3 Å². The van der Waals surface area contributed by atoms with Crippen molar-refractivity contribution >= 4 is 24.1 Å². The molecule has 0 aliphatic heterocycles. The zero-order valence-corrected chi connectivity index (χ0v) is 9.81. The van der Waals surface area contributed by atoms with Gasteiger partial charge in [0.2, 0.25) is 12.8 Å². The Morgan fingerprint density at radius 2 is 2.06 bits per heavy atom. The maximum absolute atomic E-state index is 14.0. The quantitative estimate of drug-likeness (QED) is 0.598. The fraction of sp³-hybridized carbons (Fsp3) is 0.0769. The van der Waals surface area contributed by atoms with Crippen LogP contribution in [0.5, 0.6) is 0 Å². The van der Waals surface area contributed by atoms with Crippen molar-refractivity contribution in [3.8, 4) is 0 Å². The lowest BCUT2D eigenvalue weighted by Crippen LogP contribution is -2.03. The Morgan fingerprint density at radius 3 is 2.67 bits per heavy atom. The Morgan fingerprint density at radius 1 is 1.28 bits per heavy atom. The van der Waals surface area contributed by atoms with Crippen LogP contribution < -0.4 is 10.6 Å². The molecule has 2 amide bonds. The molecule has 0 radical (unpaired) electrons. The molecule has 0 spiro atoms. The molecule has 94 valence electrons. The van der Waals surface area contributed by atoms with Gasteiger partial charge >= 0.3 is 0 Å². The monoisotopic (exact) mass is 248 g/mol. The molecule has 0 saturated carbocycles. The molecule has 5 heteroatoms. The number of nitrogens with one attached hydrogen (secondary N) is 2. The summed E-state index contributed by atoms with van der Waals surface area (Å²) < 4.78 is 14.0. The van der Waals surface area contributed by atoms with E-state index in [4.69, 9.17) is 0 Å². The van der Waals surface area contributed by atoms with Gasteiger partial charge in [0.15, 0.2) is 5.82 Å². The second-order valence-electron chi connectivity index (χ2n) is 3.31. The maximum atomic E-state index is 14.0. The van der Waals surface area contributed by atoms with E-state index in [1.807, 2.05) is 0 Å². The predicted octanol–water partition coefficient (Wildman–Crippen LogP) is 2.06. The van der Waals surface area contributed by atoms with Crippen LogP contribution in [0.4, 0.5) is 10.1 Å². The second kappa shape index (κ2) is 7.01. The number of benzene rings is 1. The number of rotatable bonds is 6. The van der Waals surface area contributed by atoms with Crippen molar-refractivity contribution in [3.63, 3.8) is 0 Å². The first-order valence-corrected chi connectivity index (χ1v) is 5.26. The van der Waals surface area contributed by atoms with Crippen LogP contribution in [-0.4, -0.2) is 12.8 Å². The molecule has 0 aliphatic rings. The summed E-state index contributed by atoms with van der Waals surface area (Å²) in [5, 5.41) is 4.63. The summed E-state index contributed by atoms with van der Waals surface area (Å²) in [5.74, 6) is -0.554. The van der Waals surface area contributed by atoms with E-state index in [0.29, 0.717) is 18.4 Å². The summed E-state index contributed by atoms with van der Waals surface area (Å²) in [7, 11) is 0. The Labute approximate surface area is 104 Å². The van der Waals surface area contributed by atoms with E-state index in [2.05, 4.69) is 10.6 Å². The first-order chi connectivity index (χ1) is 8.74. The Balaban J connectivity index is 3.23. The van der Waals surface area contributed by atoms with Crippen LogP contribution in [0, 0.1) is 5.82 Å². The fourth-order valence-electron chi connectivity index (χ4n) is 1.45. The van der Waals surface area contributed by atoms with Crippen LogP contribution in [0.2, 0.25) is 0 Å². The normalized spacial score (nSPS) is 11.3. The molecule has 0 aromatic heterocycles. The van der Waals surface area contributed by atoms with Gasteiger partial charge in [0.25, 0.3) is 0 Å². The van der Waals surface area contributed by atoms with Gasteiger partial charge in [0, 0.05) is 17.3 Å². The van der Waals surface area contributed by atoms with E-state index in [0.717, 1.165) is 0 Å². The Bertz CT molecular complexity index is 496. The second-order valence-corrected chi connectivity index (χ2v) is 3.31. The number of carbonyl (C=O) groups excluding carboxylic acids is 2. The van der Waals surface area contributed by atoms with Crippen LogP contribution in [0.1, 0.15) is 12.5 Å². The van der Waals surface area contributed by atoms with Gasteiger partial charge in [-0.15, -0.1) is 0 Å². The van der Waals surface area contributed by atoms with Gasteiger partial charge in [-0.05, 0) is 13.0 Å². The Hall–Kier alpha value is -2.43. The summed E-state index contributed by atoms with van der Waals surface area (Å²) in [6.07, 6.45) is 5.66. The van der Waals surface area contributed by atoms with Gasteiger partial charge < -0.3 is 10.6 Å². The number of anilines is 1. The number of carbonyl (C=O) groups is 2. The molecule has 1 rings (SSSR count). The van der Waals surface area contributed by atoms with Gasteiger partial charge in [-0.2, -0.15) is 0 Å². The molecule has 2 N–H and O–H groups in total. The highest BCUT2D eigenvalue weighted by Gasteiger charge is 2.09. The molecular formula is C13H13FN2O2. The summed E-state index contributed by atoms with van der Waals surface area (Å²) >= 11 is 0. The molecule has 4 nitrogen and oxygen atoms in total. The SMILES string of the molecule is C/C=C\C(=C/NC=O)c1cccc(NC=O)c1F. The highest BCUT2D eigenvalue weighted by Crippen LogP contribution is 2.24. The number of halogens is 1. The third-order valence-corrected chi connectivity index (χ3v) is 2.18. The molecule has 1 aromatic carbocycles. The number of hydrogen-bond donors (Lipinski definition) is 2. The predicted molar refractivity (Wildman–Crippen MR) is 68.1 cm³/mol. The minimum Gasteiger partial charge on any atom is -0.335 e. The van der Waals surface area contributed by atoms with E-state index in [1.165, 1.54) is 12.3 Å². The molecule has 0 aliphatic carbocycles. The maximum Gasteiger partial charge on any atom is 0.211 e. The summed E-state index contributed by atoms with van der Waals surface area (Å²) in [6.45, 7) is 1.78. The lowest BCUT2D eigenvalue weighted by molar-refractivity contribution is -0.108. The molecule has 0 atom stereocenters. The minimum absolute atomic E-state index is 0.0870. The molecule has 0 unspecified atom stereocenters. The summed E-state index contributed by atoms with van der Waals surface area (Å²) in [4.78, 5) is 20.6. The average molecular weight is 248 g/mol. The van der Waals surface area contributed by atoms with Crippen molar-refractivity contribution in [1.29, 1.82) is 0 Å². The molecule has 1 aromatic rings.